The quantitative estimate of drug-likeness (QED) is 0.729. The molecular formula is C14H21N3. The zero-order valence-electron chi connectivity index (χ0n) is 11.0. The minimum absolute atomic E-state index is 0.317. The molecule has 1 rings (SSSR count). The molecule has 0 saturated carbocycles. The lowest BCUT2D eigenvalue weighted by molar-refractivity contribution is 0.820. The molecule has 0 aliphatic rings. The molecule has 0 N–H and O–H groups in total. The molecule has 0 bridgehead atoms. The summed E-state index contributed by atoms with van der Waals surface area (Å²) in [6, 6.07) is 4.67. The first-order valence-electron chi connectivity index (χ1n) is 5.94. The summed E-state index contributed by atoms with van der Waals surface area (Å²) >= 11 is 0. The summed E-state index contributed by atoms with van der Waals surface area (Å²) in [6.45, 7) is 6.28. The zero-order valence-corrected chi connectivity index (χ0v) is 11.0. The van der Waals surface area contributed by atoms with E-state index >= 15 is 0 Å². The van der Waals surface area contributed by atoms with Gasteiger partial charge in [0.2, 0.25) is 0 Å². The SMILES string of the molecule is CC(C)N=C/C=C\C(C)N(C)c1cccnc1. The van der Waals surface area contributed by atoms with E-state index in [9.17, 15) is 0 Å². The van der Waals surface area contributed by atoms with Crippen LogP contribution in [0.4, 0.5) is 5.69 Å². The fourth-order valence-corrected chi connectivity index (χ4v) is 1.36. The van der Waals surface area contributed by atoms with Crippen LogP contribution in [0.3, 0.4) is 0 Å². The Morgan fingerprint density at radius 1 is 1.35 bits per heavy atom. The molecule has 3 nitrogen and oxygen atoms in total. The first-order chi connectivity index (χ1) is 8.11. The number of anilines is 1. The average Bonchev–Trinajstić information content (AvgIpc) is 2.34. The van der Waals surface area contributed by atoms with Crippen molar-refractivity contribution < 1.29 is 0 Å². The monoisotopic (exact) mass is 231 g/mol. The van der Waals surface area contributed by atoms with Gasteiger partial charge in [-0.2, -0.15) is 0 Å². The highest BCUT2D eigenvalue weighted by Gasteiger charge is 2.05. The summed E-state index contributed by atoms with van der Waals surface area (Å²) in [7, 11) is 2.06. The van der Waals surface area contributed by atoms with Crippen molar-refractivity contribution in [3.8, 4) is 0 Å². The van der Waals surface area contributed by atoms with Crippen molar-refractivity contribution in [1.82, 2.24) is 4.98 Å². The molecule has 1 atom stereocenters. The first-order valence-corrected chi connectivity index (χ1v) is 5.94. The fraction of sp³-hybridized carbons (Fsp3) is 0.429. The molecule has 1 heterocycles. The van der Waals surface area contributed by atoms with Gasteiger partial charge in [-0.05, 0) is 39.0 Å². The number of nitrogens with zero attached hydrogens (tertiary/aromatic N) is 3. The number of pyridine rings is 1. The van der Waals surface area contributed by atoms with Crippen LogP contribution < -0.4 is 4.90 Å². The molecule has 92 valence electrons. The maximum Gasteiger partial charge on any atom is 0.0555 e. The molecule has 0 amide bonds. The molecular weight excluding hydrogens is 210 g/mol. The molecule has 3 heteroatoms. The second-order valence-electron chi connectivity index (χ2n) is 4.34. The lowest BCUT2D eigenvalue weighted by Crippen LogP contribution is -2.26. The van der Waals surface area contributed by atoms with Crippen LogP contribution in [0.25, 0.3) is 0 Å². The van der Waals surface area contributed by atoms with Crippen molar-refractivity contribution >= 4 is 11.9 Å². The van der Waals surface area contributed by atoms with Crippen molar-refractivity contribution in [3.63, 3.8) is 0 Å². The van der Waals surface area contributed by atoms with Gasteiger partial charge in [0.15, 0.2) is 0 Å². The molecule has 0 aliphatic heterocycles. The molecule has 0 aromatic carbocycles. The molecule has 1 aromatic rings. The fourth-order valence-electron chi connectivity index (χ4n) is 1.36. The zero-order chi connectivity index (χ0) is 12.7. The minimum atomic E-state index is 0.317. The summed E-state index contributed by atoms with van der Waals surface area (Å²) in [5.74, 6) is 0. The predicted molar refractivity (Wildman–Crippen MR) is 74.9 cm³/mol. The van der Waals surface area contributed by atoms with Crippen LogP contribution >= 0.6 is 0 Å². The molecule has 0 spiro atoms. The third kappa shape index (κ3) is 4.81. The third-order valence-electron chi connectivity index (χ3n) is 2.52. The maximum atomic E-state index is 4.29. The van der Waals surface area contributed by atoms with Crippen LogP contribution in [0.2, 0.25) is 0 Å². The van der Waals surface area contributed by atoms with E-state index in [0.29, 0.717) is 12.1 Å². The summed E-state index contributed by atoms with van der Waals surface area (Å²) in [6.07, 6.45) is 9.63. The first kappa shape index (κ1) is 13.4. The summed E-state index contributed by atoms with van der Waals surface area (Å²) in [5, 5.41) is 0. The van der Waals surface area contributed by atoms with Gasteiger partial charge in [0.25, 0.3) is 0 Å². The van der Waals surface area contributed by atoms with E-state index in [1.54, 1.807) is 6.20 Å². The van der Waals surface area contributed by atoms with Gasteiger partial charge in [-0.25, -0.2) is 0 Å². The molecule has 0 saturated heterocycles. The smallest absolute Gasteiger partial charge is 0.0555 e. The van der Waals surface area contributed by atoms with E-state index in [1.165, 1.54) is 0 Å². The Kier molecular flexibility index (Phi) is 5.40. The van der Waals surface area contributed by atoms with E-state index in [1.807, 2.05) is 24.6 Å². The lowest BCUT2D eigenvalue weighted by atomic mass is 10.2. The Bertz CT molecular complexity index is 368. The van der Waals surface area contributed by atoms with E-state index < -0.39 is 0 Å². The molecule has 17 heavy (non-hydrogen) atoms. The number of likely N-dealkylation sites (N-methyl/N-ethyl adjacent to an activating group) is 1. The van der Waals surface area contributed by atoms with Gasteiger partial charge in [0.1, 0.15) is 0 Å². The number of allylic oxidation sites excluding steroid dienone is 1. The van der Waals surface area contributed by atoms with Gasteiger partial charge in [-0.15, -0.1) is 0 Å². The number of aliphatic imine (C=N–C) groups is 1. The van der Waals surface area contributed by atoms with Crippen LogP contribution in [0.1, 0.15) is 20.8 Å². The lowest BCUT2D eigenvalue weighted by Gasteiger charge is -2.23. The highest BCUT2D eigenvalue weighted by molar-refractivity contribution is 5.71. The van der Waals surface area contributed by atoms with E-state index in [4.69, 9.17) is 0 Å². The second-order valence-corrected chi connectivity index (χ2v) is 4.34. The van der Waals surface area contributed by atoms with Crippen LogP contribution in [-0.4, -0.2) is 30.3 Å². The maximum absolute atomic E-state index is 4.29. The van der Waals surface area contributed by atoms with Gasteiger partial charge in [-0.1, -0.05) is 6.08 Å². The molecule has 0 aliphatic carbocycles. The van der Waals surface area contributed by atoms with E-state index in [0.717, 1.165) is 5.69 Å². The topological polar surface area (TPSA) is 28.5 Å². The number of hydrogen-bond acceptors (Lipinski definition) is 3. The van der Waals surface area contributed by atoms with Gasteiger partial charge in [0, 0.05) is 31.5 Å². The van der Waals surface area contributed by atoms with Crippen molar-refractivity contribution in [2.24, 2.45) is 4.99 Å². The summed E-state index contributed by atoms with van der Waals surface area (Å²) < 4.78 is 0. The Balaban J connectivity index is 2.56. The van der Waals surface area contributed by atoms with Crippen molar-refractivity contribution in [2.45, 2.75) is 32.9 Å². The van der Waals surface area contributed by atoms with Crippen molar-refractivity contribution in [1.29, 1.82) is 0 Å². The predicted octanol–water partition coefficient (Wildman–Crippen LogP) is 2.94. The van der Waals surface area contributed by atoms with Crippen LogP contribution in [0.15, 0.2) is 41.7 Å². The van der Waals surface area contributed by atoms with Gasteiger partial charge < -0.3 is 4.90 Å². The van der Waals surface area contributed by atoms with Crippen LogP contribution in [-0.2, 0) is 0 Å². The highest BCUT2D eigenvalue weighted by Crippen LogP contribution is 2.12. The van der Waals surface area contributed by atoms with Gasteiger partial charge >= 0.3 is 0 Å². The Hall–Kier alpha value is -1.64. The second kappa shape index (κ2) is 6.84. The number of rotatable bonds is 5. The average molecular weight is 231 g/mol. The van der Waals surface area contributed by atoms with Gasteiger partial charge in [-0.3, -0.25) is 9.98 Å². The standard InChI is InChI=1S/C14H21N3/c1-12(2)16-10-5-7-13(3)17(4)14-8-6-9-15-11-14/h5-13H,1-4H3/b7-5-,16-10?. The summed E-state index contributed by atoms with van der Waals surface area (Å²) in [4.78, 5) is 10.6. The van der Waals surface area contributed by atoms with Crippen molar-refractivity contribution in [2.75, 3.05) is 11.9 Å². The van der Waals surface area contributed by atoms with Gasteiger partial charge in [0.05, 0.1) is 11.9 Å². The normalized spacial score (nSPS) is 13.7. The van der Waals surface area contributed by atoms with E-state index in [2.05, 4.69) is 54.8 Å². The minimum Gasteiger partial charge on any atom is -0.367 e. The summed E-state index contributed by atoms with van der Waals surface area (Å²) in [5.41, 5.74) is 1.12. The van der Waals surface area contributed by atoms with Crippen LogP contribution in [0, 0.1) is 0 Å². The van der Waals surface area contributed by atoms with Crippen molar-refractivity contribution in [3.05, 3.63) is 36.7 Å². The largest absolute Gasteiger partial charge is 0.367 e. The Morgan fingerprint density at radius 3 is 2.71 bits per heavy atom. The number of hydrogen-bond donors (Lipinski definition) is 0. The third-order valence-corrected chi connectivity index (χ3v) is 2.52. The van der Waals surface area contributed by atoms with E-state index in [-0.39, 0.29) is 0 Å². The Labute approximate surface area is 104 Å². The highest BCUT2D eigenvalue weighted by atomic mass is 15.1. The Morgan fingerprint density at radius 2 is 2.12 bits per heavy atom. The molecule has 0 fully saturated rings. The number of aromatic nitrogens is 1. The molecule has 1 unspecified atom stereocenters. The molecule has 1 aromatic heterocycles. The van der Waals surface area contributed by atoms with Crippen LogP contribution in [0.5, 0.6) is 0 Å². The molecule has 0 radical (unpaired) electrons.